The largest absolute Gasteiger partial charge is 0.341 e. The molecule has 0 aromatic heterocycles. The van der Waals surface area contributed by atoms with Gasteiger partial charge in [0.1, 0.15) is 5.88 Å². The Morgan fingerprint density at radius 2 is 1.74 bits per heavy atom. The molecule has 1 fully saturated rings. The van der Waals surface area contributed by atoms with Crippen molar-refractivity contribution in [2.45, 2.75) is 37.0 Å². The lowest BCUT2D eigenvalue weighted by Gasteiger charge is -2.20. The Hall–Kier alpha value is -1.36. The predicted molar refractivity (Wildman–Crippen MR) is 73.2 cm³/mol. The monoisotopic (exact) mass is 281 g/mol. The number of hydrogen-bond acceptors (Lipinski definition) is 3. The van der Waals surface area contributed by atoms with Gasteiger partial charge in [-0.25, -0.2) is 8.42 Å². The molecule has 1 saturated carbocycles. The molecule has 0 unspecified atom stereocenters. The Bertz CT molecular complexity index is 519. The van der Waals surface area contributed by atoms with Crippen LogP contribution < -0.4 is 5.32 Å². The average molecular weight is 281 g/mol. The molecular formula is C14H19NO3S. The van der Waals surface area contributed by atoms with Crippen molar-refractivity contribution in [2.75, 3.05) is 5.88 Å². The molecule has 1 aromatic rings. The molecule has 2 rings (SSSR count). The van der Waals surface area contributed by atoms with E-state index in [9.17, 15) is 13.2 Å². The van der Waals surface area contributed by atoms with Gasteiger partial charge in [0.05, 0.1) is 4.90 Å². The maximum atomic E-state index is 12.0. The Kier molecular flexibility index (Phi) is 4.58. The second-order valence-corrected chi connectivity index (χ2v) is 6.94. The molecule has 0 aliphatic heterocycles. The second-order valence-electron chi connectivity index (χ2n) is 4.95. The third kappa shape index (κ3) is 3.80. The Morgan fingerprint density at radius 3 is 2.37 bits per heavy atom. The quantitative estimate of drug-likeness (QED) is 0.919. The first-order valence-corrected chi connectivity index (χ1v) is 8.30. The van der Waals surface area contributed by atoms with Crippen LogP contribution in [0.2, 0.25) is 0 Å². The summed E-state index contributed by atoms with van der Waals surface area (Å²) in [5.41, 5.74) is 0. The van der Waals surface area contributed by atoms with Crippen LogP contribution in [0.4, 0.5) is 0 Å². The van der Waals surface area contributed by atoms with Crippen molar-refractivity contribution in [1.82, 2.24) is 5.32 Å². The first-order chi connectivity index (χ1) is 9.09. The van der Waals surface area contributed by atoms with Crippen LogP contribution in [0.3, 0.4) is 0 Å². The molecule has 0 radical (unpaired) electrons. The summed E-state index contributed by atoms with van der Waals surface area (Å²) in [4.78, 5) is 12.1. The Morgan fingerprint density at radius 1 is 1.11 bits per heavy atom. The highest BCUT2D eigenvalue weighted by Crippen LogP contribution is 2.23. The van der Waals surface area contributed by atoms with Crippen LogP contribution in [0, 0.1) is 5.92 Å². The van der Waals surface area contributed by atoms with Gasteiger partial charge in [0.15, 0.2) is 9.84 Å². The van der Waals surface area contributed by atoms with Crippen LogP contribution in [0.25, 0.3) is 0 Å². The summed E-state index contributed by atoms with van der Waals surface area (Å²) in [5.74, 6) is -0.453. The molecule has 19 heavy (non-hydrogen) atoms. The van der Waals surface area contributed by atoms with E-state index in [-0.39, 0.29) is 22.6 Å². The molecule has 1 amide bonds. The maximum absolute atomic E-state index is 12.0. The van der Waals surface area contributed by atoms with Crippen LogP contribution in [0.15, 0.2) is 35.2 Å². The average Bonchev–Trinajstić information content (AvgIpc) is 2.47. The summed E-state index contributed by atoms with van der Waals surface area (Å²) < 4.78 is 24.0. The maximum Gasteiger partial charge on any atom is 0.223 e. The molecule has 1 N–H and O–H groups in total. The molecule has 5 heteroatoms. The first-order valence-electron chi connectivity index (χ1n) is 6.65. The smallest absolute Gasteiger partial charge is 0.223 e. The predicted octanol–water partition coefficient (Wildman–Crippen LogP) is 2.11. The third-order valence-electron chi connectivity index (χ3n) is 3.51. The molecule has 0 saturated heterocycles. The molecule has 4 nitrogen and oxygen atoms in total. The fourth-order valence-corrected chi connectivity index (χ4v) is 3.46. The minimum Gasteiger partial charge on any atom is -0.341 e. The number of amides is 1. The van der Waals surface area contributed by atoms with Crippen LogP contribution in [0.1, 0.15) is 32.1 Å². The zero-order valence-corrected chi connectivity index (χ0v) is 11.7. The van der Waals surface area contributed by atoms with Gasteiger partial charge in [-0.05, 0) is 25.0 Å². The van der Waals surface area contributed by atoms with Crippen molar-refractivity contribution in [1.29, 1.82) is 0 Å². The number of carbonyl (C=O) groups is 1. The van der Waals surface area contributed by atoms with Crippen molar-refractivity contribution in [3.05, 3.63) is 30.3 Å². The number of nitrogens with one attached hydrogen (secondary N) is 1. The molecule has 0 spiro atoms. The molecule has 1 aromatic carbocycles. The third-order valence-corrected chi connectivity index (χ3v) is 5.03. The van der Waals surface area contributed by atoms with E-state index in [2.05, 4.69) is 5.32 Å². The normalized spacial score (nSPS) is 17.1. The second kappa shape index (κ2) is 6.19. The van der Waals surface area contributed by atoms with E-state index in [1.165, 1.54) is 6.42 Å². The van der Waals surface area contributed by atoms with Crippen molar-refractivity contribution in [3.63, 3.8) is 0 Å². The van der Waals surface area contributed by atoms with E-state index in [4.69, 9.17) is 0 Å². The van der Waals surface area contributed by atoms with E-state index < -0.39 is 9.84 Å². The molecular weight excluding hydrogens is 262 g/mol. The highest BCUT2D eigenvalue weighted by atomic mass is 32.2. The lowest BCUT2D eigenvalue weighted by molar-refractivity contribution is -0.125. The standard InChI is InChI=1S/C14H19NO3S/c16-14(12-7-3-1-4-8-12)15-11-19(17,18)13-9-5-2-6-10-13/h2,5-6,9-10,12H,1,3-4,7-8,11H2,(H,15,16). The SMILES string of the molecule is O=C(NCS(=O)(=O)c1ccccc1)C1CCCCC1. The number of hydrogen-bond donors (Lipinski definition) is 1. The van der Waals surface area contributed by atoms with E-state index >= 15 is 0 Å². The van der Waals surface area contributed by atoms with Gasteiger partial charge in [0.2, 0.25) is 5.91 Å². The summed E-state index contributed by atoms with van der Waals surface area (Å²) in [6, 6.07) is 8.20. The summed E-state index contributed by atoms with van der Waals surface area (Å²) in [5, 5.41) is 2.56. The molecule has 1 aliphatic rings. The lowest BCUT2D eigenvalue weighted by Crippen LogP contribution is -2.35. The summed E-state index contributed by atoms with van der Waals surface area (Å²) in [6.45, 7) is 0. The van der Waals surface area contributed by atoms with Gasteiger partial charge in [0, 0.05) is 5.92 Å². The number of sulfone groups is 1. The van der Waals surface area contributed by atoms with Crippen molar-refractivity contribution < 1.29 is 13.2 Å². The van der Waals surface area contributed by atoms with Gasteiger partial charge in [-0.1, -0.05) is 37.5 Å². The lowest BCUT2D eigenvalue weighted by atomic mass is 9.89. The van der Waals surface area contributed by atoms with Gasteiger partial charge in [-0.2, -0.15) is 0 Å². The highest BCUT2D eigenvalue weighted by Gasteiger charge is 2.23. The van der Waals surface area contributed by atoms with Crippen LogP contribution >= 0.6 is 0 Å². The minimum absolute atomic E-state index is 0.0141. The van der Waals surface area contributed by atoms with Gasteiger partial charge in [-0.3, -0.25) is 4.79 Å². The Labute approximate surface area is 114 Å². The van der Waals surface area contributed by atoms with Gasteiger partial charge >= 0.3 is 0 Å². The molecule has 104 valence electrons. The van der Waals surface area contributed by atoms with Crippen LogP contribution in [0.5, 0.6) is 0 Å². The zero-order chi connectivity index (χ0) is 13.7. The fraction of sp³-hybridized carbons (Fsp3) is 0.500. The molecule has 0 atom stereocenters. The van der Waals surface area contributed by atoms with Crippen molar-refractivity contribution in [3.8, 4) is 0 Å². The van der Waals surface area contributed by atoms with Crippen molar-refractivity contribution in [2.24, 2.45) is 5.92 Å². The van der Waals surface area contributed by atoms with E-state index in [1.54, 1.807) is 30.3 Å². The van der Waals surface area contributed by atoms with Crippen LogP contribution in [-0.4, -0.2) is 20.2 Å². The van der Waals surface area contributed by atoms with Crippen LogP contribution in [-0.2, 0) is 14.6 Å². The minimum atomic E-state index is -3.43. The van der Waals surface area contributed by atoms with Gasteiger partial charge in [-0.15, -0.1) is 0 Å². The fourth-order valence-electron chi connectivity index (χ4n) is 2.39. The van der Waals surface area contributed by atoms with E-state index in [0.717, 1.165) is 25.7 Å². The topological polar surface area (TPSA) is 63.2 Å². The van der Waals surface area contributed by atoms with Crippen molar-refractivity contribution >= 4 is 15.7 Å². The number of benzene rings is 1. The summed E-state index contributed by atoms with van der Waals surface area (Å²) >= 11 is 0. The number of carbonyl (C=O) groups excluding carboxylic acids is 1. The molecule has 1 aliphatic carbocycles. The first kappa shape index (κ1) is 14.1. The highest BCUT2D eigenvalue weighted by molar-refractivity contribution is 7.91. The van der Waals surface area contributed by atoms with E-state index in [1.807, 2.05) is 0 Å². The van der Waals surface area contributed by atoms with E-state index in [0.29, 0.717) is 0 Å². The summed E-state index contributed by atoms with van der Waals surface area (Å²) in [7, 11) is -3.43. The van der Waals surface area contributed by atoms with Gasteiger partial charge in [0.25, 0.3) is 0 Å². The van der Waals surface area contributed by atoms with Gasteiger partial charge < -0.3 is 5.32 Å². The molecule has 0 bridgehead atoms. The summed E-state index contributed by atoms with van der Waals surface area (Å²) in [6.07, 6.45) is 5.04. The number of rotatable bonds is 4. The molecule has 0 heterocycles. The zero-order valence-electron chi connectivity index (χ0n) is 10.8. The Balaban J connectivity index is 1.93.